The maximum atomic E-state index is 10.7. The summed E-state index contributed by atoms with van der Waals surface area (Å²) in [4.78, 5) is 13.7. The number of nitrogens with zero attached hydrogens (tertiary/aromatic N) is 1. The van der Waals surface area contributed by atoms with Gasteiger partial charge in [-0.3, -0.25) is 4.79 Å². The number of carbonyl (C=O) groups excluding carboxylic acids is 1. The smallest absolute Gasteiger partial charge is 0.166 e. The van der Waals surface area contributed by atoms with Crippen molar-refractivity contribution in [2.45, 2.75) is 13.8 Å². The van der Waals surface area contributed by atoms with Crippen LogP contribution < -0.4 is 0 Å². The number of benzene rings is 1. The van der Waals surface area contributed by atoms with Crippen molar-refractivity contribution in [3.05, 3.63) is 47.4 Å². The van der Waals surface area contributed by atoms with E-state index in [1.165, 1.54) is 22.2 Å². The first-order valence-corrected chi connectivity index (χ1v) is 6.31. The van der Waals surface area contributed by atoms with E-state index in [-0.39, 0.29) is 0 Å². The molecule has 0 fully saturated rings. The molecule has 0 aliphatic rings. The van der Waals surface area contributed by atoms with Gasteiger partial charge in [-0.05, 0) is 48.7 Å². The molecule has 0 bridgehead atoms. The maximum absolute atomic E-state index is 10.7. The zero-order valence-electron chi connectivity index (χ0n) is 11.3. The Bertz CT molecular complexity index is 777. The molecule has 96 valence electrons. The van der Waals surface area contributed by atoms with Gasteiger partial charge >= 0.3 is 0 Å². The third kappa shape index (κ3) is 1.70. The van der Waals surface area contributed by atoms with Gasteiger partial charge in [0.1, 0.15) is 0 Å². The molecule has 0 unspecified atom stereocenters. The normalized spacial score (nSPS) is 11.1. The van der Waals surface area contributed by atoms with Crippen LogP contribution in [0, 0.1) is 13.8 Å². The average Bonchev–Trinajstić information content (AvgIpc) is 2.99. The number of hydrogen-bond donors (Lipinski definition) is 1. The number of hydrogen-bond acceptors (Lipinski definition) is 1. The minimum atomic E-state index is 0.607. The minimum Gasteiger partial charge on any atom is -0.358 e. The Hall–Kier alpha value is -2.29. The highest BCUT2D eigenvalue weighted by Gasteiger charge is 2.10. The predicted octanol–water partition coefficient (Wildman–Crippen LogP) is 3.60. The third-order valence-corrected chi connectivity index (χ3v) is 3.97. The van der Waals surface area contributed by atoms with Gasteiger partial charge in [0.15, 0.2) is 6.29 Å². The molecule has 3 heteroatoms. The zero-order chi connectivity index (χ0) is 13.6. The van der Waals surface area contributed by atoms with E-state index in [1.807, 2.05) is 12.3 Å². The molecule has 0 amide bonds. The molecule has 0 aliphatic heterocycles. The second-order valence-corrected chi connectivity index (χ2v) is 4.96. The first-order chi connectivity index (χ1) is 9.11. The third-order valence-electron chi connectivity index (χ3n) is 3.97. The number of H-pyrrole nitrogens is 1. The number of aryl methyl sites for hydroxylation is 2. The lowest BCUT2D eigenvalue weighted by Crippen LogP contribution is -1.89. The second kappa shape index (κ2) is 4.12. The van der Waals surface area contributed by atoms with Crippen LogP contribution in [0.25, 0.3) is 22.0 Å². The summed E-state index contributed by atoms with van der Waals surface area (Å²) in [6, 6.07) is 8.30. The van der Waals surface area contributed by atoms with Crippen molar-refractivity contribution in [1.29, 1.82) is 0 Å². The number of rotatable bonds is 2. The van der Waals surface area contributed by atoms with Crippen LogP contribution in [0.3, 0.4) is 0 Å². The fourth-order valence-electron chi connectivity index (χ4n) is 2.58. The summed E-state index contributed by atoms with van der Waals surface area (Å²) in [7, 11) is 2.09. The van der Waals surface area contributed by atoms with Gasteiger partial charge in [-0.1, -0.05) is 6.07 Å². The largest absolute Gasteiger partial charge is 0.358 e. The van der Waals surface area contributed by atoms with Crippen LogP contribution in [0.4, 0.5) is 0 Å². The van der Waals surface area contributed by atoms with Gasteiger partial charge in [0, 0.05) is 29.8 Å². The highest BCUT2D eigenvalue weighted by molar-refractivity contribution is 5.90. The number of aromatic amines is 1. The van der Waals surface area contributed by atoms with Gasteiger partial charge in [-0.15, -0.1) is 0 Å². The van der Waals surface area contributed by atoms with Crippen LogP contribution in [-0.4, -0.2) is 15.8 Å². The second-order valence-electron chi connectivity index (χ2n) is 4.96. The summed E-state index contributed by atoms with van der Waals surface area (Å²) >= 11 is 0. The van der Waals surface area contributed by atoms with Crippen LogP contribution in [0.2, 0.25) is 0 Å². The molecule has 2 aromatic heterocycles. The molecule has 3 nitrogen and oxygen atoms in total. The summed E-state index contributed by atoms with van der Waals surface area (Å²) in [5.41, 5.74) is 6.62. The van der Waals surface area contributed by atoms with E-state index in [1.54, 1.807) is 0 Å². The topological polar surface area (TPSA) is 37.8 Å². The summed E-state index contributed by atoms with van der Waals surface area (Å²) < 4.78 is 2.21. The number of aldehydes is 1. The van der Waals surface area contributed by atoms with E-state index in [9.17, 15) is 4.79 Å². The van der Waals surface area contributed by atoms with E-state index in [2.05, 4.69) is 48.6 Å². The van der Waals surface area contributed by atoms with Crippen LogP contribution in [-0.2, 0) is 7.05 Å². The Labute approximate surface area is 111 Å². The molecule has 3 rings (SSSR count). The highest BCUT2D eigenvalue weighted by Crippen LogP contribution is 2.29. The summed E-state index contributed by atoms with van der Waals surface area (Å²) in [6.45, 7) is 4.28. The Morgan fingerprint density at radius 2 is 1.95 bits per heavy atom. The van der Waals surface area contributed by atoms with E-state index in [4.69, 9.17) is 0 Å². The molecule has 0 aliphatic carbocycles. The Morgan fingerprint density at radius 3 is 2.63 bits per heavy atom. The molecular weight excluding hydrogens is 236 g/mol. The highest BCUT2D eigenvalue weighted by atomic mass is 16.1. The van der Waals surface area contributed by atoms with Crippen LogP contribution in [0.5, 0.6) is 0 Å². The first-order valence-electron chi connectivity index (χ1n) is 6.31. The van der Waals surface area contributed by atoms with Crippen LogP contribution in [0.1, 0.15) is 21.7 Å². The van der Waals surface area contributed by atoms with Crippen molar-refractivity contribution < 1.29 is 4.79 Å². The van der Waals surface area contributed by atoms with Crippen molar-refractivity contribution in [3.8, 4) is 11.1 Å². The van der Waals surface area contributed by atoms with E-state index in [0.717, 1.165) is 17.4 Å². The molecule has 0 spiro atoms. The Balaban J connectivity index is 2.21. The molecule has 2 heterocycles. The fraction of sp³-hybridized carbons (Fsp3) is 0.188. The molecular formula is C16H16N2O. The number of aromatic nitrogens is 2. The SMILES string of the molecule is Cc1c(C)n(C)c2ccc(-c3c[nH]c(C=O)c3)cc12. The van der Waals surface area contributed by atoms with Gasteiger partial charge < -0.3 is 9.55 Å². The van der Waals surface area contributed by atoms with Crippen molar-refractivity contribution in [3.63, 3.8) is 0 Å². The molecule has 3 aromatic rings. The summed E-state index contributed by atoms with van der Waals surface area (Å²) in [5.74, 6) is 0. The first kappa shape index (κ1) is 11.8. The van der Waals surface area contributed by atoms with Gasteiger partial charge in [0.05, 0.1) is 5.69 Å². The average molecular weight is 252 g/mol. The van der Waals surface area contributed by atoms with Gasteiger partial charge in [0.2, 0.25) is 0 Å². The van der Waals surface area contributed by atoms with E-state index < -0.39 is 0 Å². The number of fused-ring (bicyclic) bond motifs is 1. The summed E-state index contributed by atoms with van der Waals surface area (Å²) in [5, 5.41) is 1.27. The van der Waals surface area contributed by atoms with Crippen molar-refractivity contribution in [1.82, 2.24) is 9.55 Å². The lowest BCUT2D eigenvalue weighted by atomic mass is 10.0. The van der Waals surface area contributed by atoms with E-state index in [0.29, 0.717) is 5.69 Å². The van der Waals surface area contributed by atoms with E-state index >= 15 is 0 Å². The maximum Gasteiger partial charge on any atom is 0.166 e. The minimum absolute atomic E-state index is 0.607. The molecule has 19 heavy (non-hydrogen) atoms. The zero-order valence-corrected chi connectivity index (χ0v) is 11.3. The van der Waals surface area contributed by atoms with Crippen LogP contribution in [0.15, 0.2) is 30.5 Å². The number of nitrogens with one attached hydrogen (secondary N) is 1. The molecule has 1 aromatic carbocycles. The van der Waals surface area contributed by atoms with Crippen molar-refractivity contribution >= 4 is 17.2 Å². The van der Waals surface area contributed by atoms with Crippen LogP contribution >= 0.6 is 0 Å². The molecule has 0 saturated heterocycles. The lowest BCUT2D eigenvalue weighted by Gasteiger charge is -2.01. The van der Waals surface area contributed by atoms with Gasteiger partial charge in [-0.2, -0.15) is 0 Å². The monoisotopic (exact) mass is 252 g/mol. The molecule has 1 N–H and O–H groups in total. The van der Waals surface area contributed by atoms with Gasteiger partial charge in [0.25, 0.3) is 0 Å². The molecule has 0 saturated carbocycles. The molecule has 0 radical (unpaired) electrons. The lowest BCUT2D eigenvalue weighted by molar-refractivity contribution is 0.111. The van der Waals surface area contributed by atoms with Crippen molar-refractivity contribution in [2.24, 2.45) is 7.05 Å². The molecule has 0 atom stereocenters. The van der Waals surface area contributed by atoms with Gasteiger partial charge in [-0.25, -0.2) is 0 Å². The van der Waals surface area contributed by atoms with Crippen molar-refractivity contribution in [2.75, 3.05) is 0 Å². The Kier molecular flexibility index (Phi) is 2.56. The number of carbonyl (C=O) groups is 1. The predicted molar refractivity (Wildman–Crippen MR) is 77.6 cm³/mol. The quantitative estimate of drug-likeness (QED) is 0.695. The standard InChI is InChI=1S/C16H16N2O/c1-10-11(2)18(3)16-5-4-12(7-15(10)16)13-6-14(9-19)17-8-13/h4-9,17H,1-3H3. The Morgan fingerprint density at radius 1 is 1.16 bits per heavy atom. The summed E-state index contributed by atoms with van der Waals surface area (Å²) in [6.07, 6.45) is 2.70. The fourth-order valence-corrected chi connectivity index (χ4v) is 2.58.